The molecule has 4 heteroatoms. The molecule has 2 N–H and O–H groups in total. The SMILES string of the molecule is Cc1cc2c(NC(=O)c3cccc(F)c3)cccc2[nH]1. The Morgan fingerprint density at radius 1 is 1.15 bits per heavy atom. The van der Waals surface area contributed by atoms with Crippen LogP contribution in [0, 0.1) is 12.7 Å². The maximum absolute atomic E-state index is 13.1. The molecule has 0 unspecified atom stereocenters. The fourth-order valence-electron chi connectivity index (χ4n) is 2.23. The van der Waals surface area contributed by atoms with Gasteiger partial charge in [0.05, 0.1) is 5.69 Å². The van der Waals surface area contributed by atoms with E-state index >= 15 is 0 Å². The lowest BCUT2D eigenvalue weighted by atomic mass is 10.1. The first kappa shape index (κ1) is 12.4. The molecule has 0 saturated carbocycles. The van der Waals surface area contributed by atoms with E-state index in [2.05, 4.69) is 10.3 Å². The Balaban J connectivity index is 1.95. The number of hydrogen-bond donors (Lipinski definition) is 2. The van der Waals surface area contributed by atoms with E-state index in [0.29, 0.717) is 11.3 Å². The first-order chi connectivity index (χ1) is 9.63. The Bertz CT molecular complexity index is 792. The molecule has 1 heterocycles. The van der Waals surface area contributed by atoms with Gasteiger partial charge in [-0.3, -0.25) is 4.79 Å². The molecule has 0 fully saturated rings. The normalized spacial score (nSPS) is 10.7. The van der Waals surface area contributed by atoms with Gasteiger partial charge >= 0.3 is 0 Å². The number of fused-ring (bicyclic) bond motifs is 1. The molecule has 2 aromatic carbocycles. The molecule has 100 valence electrons. The van der Waals surface area contributed by atoms with Gasteiger partial charge in [0.25, 0.3) is 5.91 Å². The summed E-state index contributed by atoms with van der Waals surface area (Å²) in [4.78, 5) is 15.3. The molecule has 0 spiro atoms. The van der Waals surface area contributed by atoms with E-state index in [9.17, 15) is 9.18 Å². The number of aromatic nitrogens is 1. The minimum atomic E-state index is -0.423. The van der Waals surface area contributed by atoms with Crippen LogP contribution < -0.4 is 5.32 Å². The fraction of sp³-hybridized carbons (Fsp3) is 0.0625. The number of rotatable bonds is 2. The fourth-order valence-corrected chi connectivity index (χ4v) is 2.23. The highest BCUT2D eigenvalue weighted by atomic mass is 19.1. The summed E-state index contributed by atoms with van der Waals surface area (Å²) >= 11 is 0. The number of benzene rings is 2. The van der Waals surface area contributed by atoms with E-state index in [1.807, 2.05) is 31.2 Å². The maximum atomic E-state index is 13.1. The number of hydrogen-bond acceptors (Lipinski definition) is 1. The van der Waals surface area contributed by atoms with E-state index in [1.165, 1.54) is 18.2 Å². The first-order valence-electron chi connectivity index (χ1n) is 6.29. The number of aromatic amines is 1. The van der Waals surface area contributed by atoms with E-state index in [0.717, 1.165) is 16.6 Å². The number of anilines is 1. The number of amides is 1. The van der Waals surface area contributed by atoms with Crippen LogP contribution in [-0.4, -0.2) is 10.9 Å². The number of H-pyrrole nitrogens is 1. The summed E-state index contributed by atoms with van der Waals surface area (Å²) in [6, 6.07) is 13.2. The standard InChI is InChI=1S/C16H13FN2O/c1-10-8-13-14(18-10)6-3-7-15(13)19-16(20)11-4-2-5-12(17)9-11/h2-9,18H,1H3,(H,19,20). The van der Waals surface area contributed by atoms with Crippen LogP contribution >= 0.6 is 0 Å². The van der Waals surface area contributed by atoms with Gasteiger partial charge in [-0.15, -0.1) is 0 Å². The van der Waals surface area contributed by atoms with E-state index in [4.69, 9.17) is 0 Å². The van der Waals surface area contributed by atoms with Gasteiger partial charge in [-0.2, -0.15) is 0 Å². The van der Waals surface area contributed by atoms with Gasteiger partial charge in [0.1, 0.15) is 5.82 Å². The van der Waals surface area contributed by atoms with Crippen molar-refractivity contribution in [3.05, 3.63) is 65.6 Å². The largest absolute Gasteiger partial charge is 0.359 e. The minimum absolute atomic E-state index is 0.300. The molecule has 0 atom stereocenters. The minimum Gasteiger partial charge on any atom is -0.359 e. The number of halogens is 1. The van der Waals surface area contributed by atoms with E-state index in [-0.39, 0.29) is 5.91 Å². The lowest BCUT2D eigenvalue weighted by molar-refractivity contribution is 0.102. The van der Waals surface area contributed by atoms with E-state index in [1.54, 1.807) is 6.07 Å². The smallest absolute Gasteiger partial charge is 0.255 e. The second kappa shape index (κ2) is 4.81. The molecule has 3 nitrogen and oxygen atoms in total. The van der Waals surface area contributed by atoms with Crippen molar-refractivity contribution < 1.29 is 9.18 Å². The van der Waals surface area contributed by atoms with Gasteiger partial charge in [-0.1, -0.05) is 12.1 Å². The summed E-state index contributed by atoms with van der Waals surface area (Å²) in [7, 11) is 0. The molecule has 1 amide bonds. The lowest BCUT2D eigenvalue weighted by Gasteiger charge is -2.06. The molecule has 0 aliphatic rings. The zero-order valence-electron chi connectivity index (χ0n) is 10.9. The van der Waals surface area contributed by atoms with Crippen LogP contribution in [0.3, 0.4) is 0 Å². The predicted octanol–water partition coefficient (Wildman–Crippen LogP) is 3.87. The molecule has 0 saturated heterocycles. The molecular weight excluding hydrogens is 255 g/mol. The second-order valence-corrected chi connectivity index (χ2v) is 4.68. The van der Waals surface area contributed by atoms with E-state index < -0.39 is 5.82 Å². The van der Waals surface area contributed by atoms with Crippen LogP contribution in [0.5, 0.6) is 0 Å². The number of carbonyl (C=O) groups is 1. The van der Waals surface area contributed by atoms with Crippen molar-refractivity contribution in [2.24, 2.45) is 0 Å². The van der Waals surface area contributed by atoms with Crippen molar-refractivity contribution in [3.63, 3.8) is 0 Å². The third kappa shape index (κ3) is 2.28. The predicted molar refractivity (Wildman–Crippen MR) is 77.4 cm³/mol. The molecule has 0 radical (unpaired) electrons. The maximum Gasteiger partial charge on any atom is 0.255 e. The van der Waals surface area contributed by atoms with Gasteiger partial charge in [-0.05, 0) is 43.3 Å². The van der Waals surface area contributed by atoms with Crippen LogP contribution in [0.4, 0.5) is 10.1 Å². The van der Waals surface area contributed by atoms with Gasteiger partial charge in [0, 0.05) is 22.2 Å². The van der Waals surface area contributed by atoms with Gasteiger partial charge < -0.3 is 10.3 Å². The van der Waals surface area contributed by atoms with Gasteiger partial charge in [0.2, 0.25) is 0 Å². The summed E-state index contributed by atoms with van der Waals surface area (Å²) in [5.74, 6) is -0.746. The Morgan fingerprint density at radius 2 is 1.95 bits per heavy atom. The summed E-state index contributed by atoms with van der Waals surface area (Å²) < 4.78 is 13.1. The van der Waals surface area contributed by atoms with Crippen molar-refractivity contribution in [2.75, 3.05) is 5.32 Å². The van der Waals surface area contributed by atoms with Crippen molar-refractivity contribution in [3.8, 4) is 0 Å². The van der Waals surface area contributed by atoms with Crippen molar-refractivity contribution in [1.82, 2.24) is 4.98 Å². The lowest BCUT2D eigenvalue weighted by Crippen LogP contribution is -2.12. The van der Waals surface area contributed by atoms with Crippen molar-refractivity contribution in [2.45, 2.75) is 6.92 Å². The third-order valence-corrected chi connectivity index (χ3v) is 3.13. The summed E-state index contributed by atoms with van der Waals surface area (Å²) in [6.07, 6.45) is 0. The topological polar surface area (TPSA) is 44.9 Å². The highest BCUT2D eigenvalue weighted by Gasteiger charge is 2.10. The third-order valence-electron chi connectivity index (χ3n) is 3.13. The number of carbonyl (C=O) groups excluding carboxylic acids is 1. The van der Waals surface area contributed by atoms with Crippen LogP contribution in [0.2, 0.25) is 0 Å². The van der Waals surface area contributed by atoms with Crippen LogP contribution in [0.25, 0.3) is 10.9 Å². The molecule has 0 aliphatic heterocycles. The Labute approximate surface area is 115 Å². The molecule has 1 aromatic heterocycles. The molecule has 0 aliphatic carbocycles. The summed E-state index contributed by atoms with van der Waals surface area (Å²) in [5, 5.41) is 3.76. The average molecular weight is 268 g/mol. The zero-order chi connectivity index (χ0) is 14.1. The van der Waals surface area contributed by atoms with Crippen LogP contribution in [0.1, 0.15) is 16.1 Å². The van der Waals surface area contributed by atoms with Gasteiger partial charge in [0.15, 0.2) is 0 Å². The highest BCUT2D eigenvalue weighted by Crippen LogP contribution is 2.24. The quantitative estimate of drug-likeness (QED) is 0.728. The molecular formula is C16H13FN2O. The number of aryl methyl sites for hydroxylation is 1. The van der Waals surface area contributed by atoms with Crippen molar-refractivity contribution >= 4 is 22.5 Å². The van der Waals surface area contributed by atoms with Crippen molar-refractivity contribution in [1.29, 1.82) is 0 Å². The number of nitrogens with one attached hydrogen (secondary N) is 2. The average Bonchev–Trinajstić information content (AvgIpc) is 2.80. The Kier molecular flexibility index (Phi) is 2.99. The molecule has 3 rings (SSSR count). The molecule has 3 aromatic rings. The molecule has 0 bridgehead atoms. The monoisotopic (exact) mass is 268 g/mol. The van der Waals surface area contributed by atoms with Gasteiger partial charge in [-0.25, -0.2) is 4.39 Å². The first-order valence-corrected chi connectivity index (χ1v) is 6.29. The zero-order valence-corrected chi connectivity index (χ0v) is 10.9. The Morgan fingerprint density at radius 3 is 2.75 bits per heavy atom. The van der Waals surface area contributed by atoms with Crippen LogP contribution in [-0.2, 0) is 0 Å². The Hall–Kier alpha value is -2.62. The molecule has 20 heavy (non-hydrogen) atoms. The summed E-state index contributed by atoms with van der Waals surface area (Å²) in [5.41, 5.74) is 2.99. The summed E-state index contributed by atoms with van der Waals surface area (Å²) in [6.45, 7) is 1.96. The highest BCUT2D eigenvalue weighted by molar-refractivity contribution is 6.08. The second-order valence-electron chi connectivity index (χ2n) is 4.68. The van der Waals surface area contributed by atoms with Crippen LogP contribution in [0.15, 0.2) is 48.5 Å².